The molecule has 0 bridgehead atoms. The van der Waals surface area contributed by atoms with Gasteiger partial charge in [-0.2, -0.15) is 10.4 Å². The number of nitrogens with zero attached hydrogens (tertiary/aromatic N) is 4. The van der Waals surface area contributed by atoms with Crippen LogP contribution in [0.4, 0.5) is 0 Å². The summed E-state index contributed by atoms with van der Waals surface area (Å²) in [6.07, 6.45) is 5.44. The van der Waals surface area contributed by atoms with Gasteiger partial charge in [-0.25, -0.2) is 0 Å². The lowest BCUT2D eigenvalue weighted by Gasteiger charge is -2.13. The van der Waals surface area contributed by atoms with Gasteiger partial charge in [-0.3, -0.25) is 14.5 Å². The standard InChI is InChI=1S/C24H20ClN5OS/c1-15-7-9-27-13-19(15)22-5-6-23(32-22)24(31)28-16(2)14-30-10-8-21(29-30)17-3-4-18(12-26)20(25)11-17/h3-11,13,16H,14H2,1-2H3,(H,28,31)/t16-/m0/s1. The van der Waals surface area contributed by atoms with Crippen LogP contribution in [0.25, 0.3) is 21.7 Å². The van der Waals surface area contributed by atoms with E-state index >= 15 is 0 Å². The molecule has 0 aliphatic heterocycles. The van der Waals surface area contributed by atoms with Gasteiger partial charge in [0.15, 0.2) is 0 Å². The second-order valence-corrected chi connectivity index (χ2v) is 8.95. The van der Waals surface area contributed by atoms with Crippen molar-refractivity contribution in [3.63, 3.8) is 0 Å². The normalized spacial score (nSPS) is 11.7. The van der Waals surface area contributed by atoms with E-state index in [1.54, 1.807) is 23.0 Å². The lowest BCUT2D eigenvalue weighted by Crippen LogP contribution is -2.35. The van der Waals surface area contributed by atoms with Crippen LogP contribution in [0.1, 0.15) is 27.7 Å². The summed E-state index contributed by atoms with van der Waals surface area (Å²) in [5.74, 6) is -0.110. The number of pyridine rings is 1. The molecule has 0 spiro atoms. The summed E-state index contributed by atoms with van der Waals surface area (Å²) >= 11 is 7.58. The molecule has 6 nitrogen and oxygen atoms in total. The van der Waals surface area contributed by atoms with E-state index < -0.39 is 0 Å². The summed E-state index contributed by atoms with van der Waals surface area (Å²) in [7, 11) is 0. The molecule has 0 fully saturated rings. The van der Waals surface area contributed by atoms with Crippen LogP contribution in [0.5, 0.6) is 0 Å². The molecule has 1 amide bonds. The van der Waals surface area contributed by atoms with E-state index in [1.807, 2.05) is 56.6 Å². The molecule has 4 rings (SSSR count). The maximum atomic E-state index is 12.7. The molecule has 160 valence electrons. The lowest BCUT2D eigenvalue weighted by molar-refractivity contribution is 0.0940. The zero-order valence-corrected chi connectivity index (χ0v) is 19.1. The minimum absolute atomic E-state index is 0.110. The van der Waals surface area contributed by atoms with Gasteiger partial charge in [0, 0.05) is 40.6 Å². The van der Waals surface area contributed by atoms with E-state index in [-0.39, 0.29) is 11.9 Å². The molecule has 0 aliphatic rings. The summed E-state index contributed by atoms with van der Waals surface area (Å²) in [6.45, 7) is 4.50. The van der Waals surface area contributed by atoms with E-state index in [0.29, 0.717) is 22.0 Å². The summed E-state index contributed by atoms with van der Waals surface area (Å²) in [4.78, 5) is 18.6. The van der Waals surface area contributed by atoms with Crippen LogP contribution >= 0.6 is 22.9 Å². The van der Waals surface area contributed by atoms with Crippen LogP contribution in [0.2, 0.25) is 5.02 Å². The monoisotopic (exact) mass is 461 g/mol. The molecule has 1 atom stereocenters. The molecular formula is C24H20ClN5OS. The average molecular weight is 462 g/mol. The van der Waals surface area contributed by atoms with Gasteiger partial charge in [-0.15, -0.1) is 11.3 Å². The molecule has 0 saturated heterocycles. The van der Waals surface area contributed by atoms with Crippen molar-refractivity contribution in [3.8, 4) is 27.8 Å². The van der Waals surface area contributed by atoms with Crippen LogP contribution in [-0.2, 0) is 6.54 Å². The quantitative estimate of drug-likeness (QED) is 0.421. The number of hydrogen-bond acceptors (Lipinski definition) is 5. The van der Waals surface area contributed by atoms with Gasteiger partial charge in [0.1, 0.15) is 6.07 Å². The Kier molecular flexibility index (Phi) is 6.35. The molecule has 3 heterocycles. The first kappa shape index (κ1) is 21.8. The van der Waals surface area contributed by atoms with Crippen molar-refractivity contribution < 1.29 is 4.79 Å². The molecule has 8 heteroatoms. The van der Waals surface area contributed by atoms with Crippen molar-refractivity contribution >= 4 is 28.8 Å². The number of aromatic nitrogens is 3. The minimum Gasteiger partial charge on any atom is -0.347 e. The number of carbonyl (C=O) groups excluding carboxylic acids is 1. The Morgan fingerprint density at radius 2 is 2.12 bits per heavy atom. The Balaban J connectivity index is 1.40. The highest BCUT2D eigenvalue weighted by Gasteiger charge is 2.15. The van der Waals surface area contributed by atoms with Gasteiger partial charge in [0.05, 0.1) is 27.7 Å². The summed E-state index contributed by atoms with van der Waals surface area (Å²) < 4.78 is 1.78. The largest absolute Gasteiger partial charge is 0.347 e. The van der Waals surface area contributed by atoms with E-state index in [0.717, 1.165) is 27.3 Å². The SMILES string of the molecule is Cc1ccncc1-c1ccc(C(=O)N[C@@H](C)Cn2ccc(-c3ccc(C#N)c(Cl)c3)n2)s1. The minimum atomic E-state index is -0.120. The molecule has 0 aliphatic carbocycles. The highest BCUT2D eigenvalue weighted by atomic mass is 35.5. The molecule has 3 aromatic heterocycles. The average Bonchev–Trinajstić information content (AvgIpc) is 3.44. The fourth-order valence-corrected chi connectivity index (χ4v) is 4.54. The van der Waals surface area contributed by atoms with E-state index in [9.17, 15) is 4.79 Å². The van der Waals surface area contributed by atoms with Crippen LogP contribution in [0, 0.1) is 18.3 Å². The topological polar surface area (TPSA) is 83.6 Å². The molecule has 1 aromatic carbocycles. The maximum absolute atomic E-state index is 12.7. The lowest BCUT2D eigenvalue weighted by atomic mass is 10.1. The van der Waals surface area contributed by atoms with Crippen LogP contribution in [-0.4, -0.2) is 26.7 Å². The molecule has 4 aromatic rings. The summed E-state index contributed by atoms with van der Waals surface area (Å²) in [5, 5.41) is 17.0. The molecule has 32 heavy (non-hydrogen) atoms. The van der Waals surface area contributed by atoms with Crippen LogP contribution in [0.15, 0.2) is 61.1 Å². The van der Waals surface area contributed by atoms with Crippen LogP contribution < -0.4 is 5.32 Å². The second-order valence-electron chi connectivity index (χ2n) is 7.46. The third-order valence-corrected chi connectivity index (χ3v) is 6.43. The van der Waals surface area contributed by atoms with E-state index in [4.69, 9.17) is 16.9 Å². The number of thiophene rings is 1. The summed E-state index contributed by atoms with van der Waals surface area (Å²) in [6, 6.07) is 14.8. The predicted molar refractivity (Wildman–Crippen MR) is 127 cm³/mol. The first-order chi connectivity index (χ1) is 15.4. The summed E-state index contributed by atoms with van der Waals surface area (Å²) in [5.41, 5.74) is 4.18. The zero-order valence-electron chi connectivity index (χ0n) is 17.5. The van der Waals surface area contributed by atoms with Gasteiger partial charge in [0.25, 0.3) is 5.91 Å². The third kappa shape index (κ3) is 4.72. The molecule has 0 saturated carbocycles. The maximum Gasteiger partial charge on any atom is 0.261 e. The van der Waals surface area contributed by atoms with E-state index in [2.05, 4.69) is 21.5 Å². The molecule has 0 radical (unpaired) electrons. The number of aryl methyl sites for hydroxylation is 1. The van der Waals surface area contributed by atoms with Crippen LogP contribution in [0.3, 0.4) is 0 Å². The number of hydrogen-bond donors (Lipinski definition) is 1. The van der Waals surface area contributed by atoms with Crippen molar-refractivity contribution in [2.45, 2.75) is 26.4 Å². The molecule has 0 unspecified atom stereocenters. The Hall–Kier alpha value is -3.47. The smallest absolute Gasteiger partial charge is 0.261 e. The number of nitriles is 1. The first-order valence-corrected chi connectivity index (χ1v) is 11.2. The van der Waals surface area contributed by atoms with E-state index in [1.165, 1.54) is 11.3 Å². The van der Waals surface area contributed by atoms with Crippen molar-refractivity contribution in [3.05, 3.63) is 82.1 Å². The fraction of sp³-hybridized carbons (Fsp3) is 0.167. The Labute approximate surface area is 195 Å². The van der Waals surface area contributed by atoms with Gasteiger partial charge < -0.3 is 5.32 Å². The Bertz CT molecular complexity index is 1320. The number of carbonyl (C=O) groups is 1. The molecule has 1 N–H and O–H groups in total. The van der Waals surface area contributed by atoms with Gasteiger partial charge in [0.2, 0.25) is 0 Å². The number of rotatable bonds is 6. The highest BCUT2D eigenvalue weighted by Crippen LogP contribution is 2.30. The number of amides is 1. The van der Waals surface area contributed by atoms with Crippen molar-refractivity contribution in [1.29, 1.82) is 5.26 Å². The third-order valence-electron chi connectivity index (χ3n) is 5.00. The number of nitrogens with one attached hydrogen (secondary N) is 1. The zero-order chi connectivity index (χ0) is 22.7. The fourth-order valence-electron chi connectivity index (χ4n) is 3.33. The predicted octanol–water partition coefficient (Wildman–Crippen LogP) is 5.33. The number of benzene rings is 1. The number of halogens is 1. The molecular weight excluding hydrogens is 442 g/mol. The van der Waals surface area contributed by atoms with Gasteiger partial charge >= 0.3 is 0 Å². The van der Waals surface area contributed by atoms with Gasteiger partial charge in [-0.05, 0) is 55.8 Å². The second kappa shape index (κ2) is 9.35. The Morgan fingerprint density at radius 3 is 2.88 bits per heavy atom. The highest BCUT2D eigenvalue weighted by molar-refractivity contribution is 7.17. The van der Waals surface area contributed by atoms with Gasteiger partial charge in [-0.1, -0.05) is 17.7 Å². The first-order valence-electron chi connectivity index (χ1n) is 10.00. The Morgan fingerprint density at radius 1 is 1.28 bits per heavy atom. The van der Waals surface area contributed by atoms with Crippen molar-refractivity contribution in [2.24, 2.45) is 0 Å². The van der Waals surface area contributed by atoms with Crippen molar-refractivity contribution in [2.75, 3.05) is 0 Å². The van der Waals surface area contributed by atoms with Crippen molar-refractivity contribution in [1.82, 2.24) is 20.1 Å².